The van der Waals surface area contributed by atoms with Gasteiger partial charge in [0.25, 0.3) is 11.7 Å². The quantitative estimate of drug-likeness (QED) is 0.142. The molecule has 2 aliphatic heterocycles. The Kier molecular flexibility index (Phi) is 5.99. The van der Waals surface area contributed by atoms with E-state index >= 15 is 0 Å². The minimum Gasteiger partial charge on any atom is -0.392 e. The first kappa shape index (κ1) is 27.0. The van der Waals surface area contributed by atoms with E-state index < -0.39 is 40.5 Å². The Morgan fingerprint density at radius 1 is 1.25 bits per heavy atom. The van der Waals surface area contributed by atoms with Crippen molar-refractivity contribution in [2.24, 2.45) is 11.3 Å². The lowest BCUT2D eigenvalue weighted by molar-refractivity contribution is -0.928. The number of quaternary nitrogens is 1. The third kappa shape index (κ3) is 3.99. The Hall–Kier alpha value is -3.22. The number of carbonyl (C=O) groups excluding carboxylic acids is 1. The van der Waals surface area contributed by atoms with Gasteiger partial charge in [0.05, 0.1) is 43.3 Å². The summed E-state index contributed by atoms with van der Waals surface area (Å²) >= 11 is 0. The minimum absolute atomic E-state index is 0.201. The van der Waals surface area contributed by atoms with Gasteiger partial charge in [0.1, 0.15) is 6.10 Å². The zero-order valence-electron chi connectivity index (χ0n) is 22.1. The smallest absolute Gasteiger partial charge is 0.392 e. The average molecular weight is 563 g/mol. The van der Waals surface area contributed by atoms with Gasteiger partial charge in [0, 0.05) is 24.2 Å². The Morgan fingerprint density at radius 2 is 1.98 bits per heavy atom. The summed E-state index contributed by atoms with van der Waals surface area (Å²) in [6.07, 6.45) is 0.754. The maximum absolute atomic E-state index is 13.4. The fourth-order valence-corrected chi connectivity index (χ4v) is 8.03. The second-order valence-electron chi connectivity index (χ2n) is 12.0. The lowest BCUT2D eigenvalue weighted by atomic mass is 9.50. The lowest BCUT2D eigenvalue weighted by Gasteiger charge is -2.60. The van der Waals surface area contributed by atoms with Gasteiger partial charge in [-0.05, 0) is 42.2 Å². The number of allylic oxidation sites excluding steroid dienone is 1. The monoisotopic (exact) mass is 562 g/mol. The number of nitrogens with zero attached hydrogens (tertiary/aromatic N) is 2. The molecular weight excluding hydrogens is 531 g/mol. The van der Waals surface area contributed by atoms with E-state index in [2.05, 4.69) is 24.1 Å². The zero-order valence-corrected chi connectivity index (χ0v) is 22.1. The van der Waals surface area contributed by atoms with Crippen molar-refractivity contribution in [3.63, 3.8) is 0 Å². The largest absolute Gasteiger partial charge is 0.573 e. The third-order valence-electron chi connectivity index (χ3n) is 9.64. The molecule has 2 heterocycles. The summed E-state index contributed by atoms with van der Waals surface area (Å²) in [5.41, 5.74) is -2.06. The second kappa shape index (κ2) is 8.89. The minimum atomic E-state index is -5.40. The molecule has 5 aliphatic rings. The summed E-state index contributed by atoms with van der Waals surface area (Å²) in [6.45, 7) is 0.911. The van der Waals surface area contributed by atoms with Crippen molar-refractivity contribution in [2.75, 3.05) is 20.6 Å². The van der Waals surface area contributed by atoms with Gasteiger partial charge in [-0.1, -0.05) is 30.7 Å². The Morgan fingerprint density at radius 3 is 2.65 bits per heavy atom. The number of likely N-dealkylation sites (tertiary alicyclic amines) is 1. The first-order valence-electron chi connectivity index (χ1n) is 13.4. The van der Waals surface area contributed by atoms with Crippen LogP contribution in [0.15, 0.2) is 59.4 Å². The summed E-state index contributed by atoms with van der Waals surface area (Å²) in [7, 11) is 4.47. The van der Waals surface area contributed by atoms with E-state index in [-0.39, 0.29) is 17.1 Å². The first-order chi connectivity index (χ1) is 18.8. The molecule has 2 bridgehead atoms. The number of halogens is 3. The predicted octanol–water partition coefficient (Wildman–Crippen LogP) is 3.65. The highest BCUT2D eigenvalue weighted by atomic mass is 19.4. The maximum atomic E-state index is 13.4. The molecule has 2 saturated heterocycles. The molecule has 6 atom stereocenters. The van der Waals surface area contributed by atoms with Crippen molar-refractivity contribution >= 4 is 11.6 Å². The highest BCUT2D eigenvalue weighted by molar-refractivity contribution is 5.98. The van der Waals surface area contributed by atoms with Crippen molar-refractivity contribution in [1.82, 2.24) is 5.32 Å². The van der Waals surface area contributed by atoms with E-state index in [1.54, 1.807) is 6.08 Å². The number of aliphatic hydroxyl groups is 1. The molecule has 1 aromatic carbocycles. The van der Waals surface area contributed by atoms with Gasteiger partial charge < -0.3 is 24.4 Å². The number of hydrogen-bond acceptors (Lipinski definition) is 6. The van der Waals surface area contributed by atoms with Gasteiger partial charge in [-0.15, -0.1) is 13.2 Å². The van der Waals surface area contributed by atoms with Crippen LogP contribution in [0.25, 0.3) is 5.70 Å². The fraction of sp³-hybridized carbons (Fsp3) is 0.536. The number of ether oxygens (including phenoxy) is 2. The van der Waals surface area contributed by atoms with Crippen LogP contribution in [0.3, 0.4) is 0 Å². The zero-order chi connectivity index (χ0) is 28.7. The van der Waals surface area contributed by atoms with Gasteiger partial charge in [-0.2, -0.15) is 0 Å². The topological polar surface area (TPSA) is 111 Å². The van der Waals surface area contributed by atoms with E-state index in [4.69, 9.17) is 4.74 Å². The number of alkyl halides is 3. The lowest BCUT2D eigenvalue weighted by Crippen LogP contribution is -2.67. The van der Waals surface area contributed by atoms with Crippen molar-refractivity contribution in [3.05, 3.63) is 75.1 Å². The number of nitro groups is 1. The van der Waals surface area contributed by atoms with Gasteiger partial charge in [0.15, 0.2) is 5.72 Å². The number of carbonyl (C=O) groups is 1. The summed E-state index contributed by atoms with van der Waals surface area (Å²) in [6, 6.07) is 7.06. The molecule has 1 aromatic rings. The molecule has 6 rings (SSSR count). The summed E-state index contributed by atoms with van der Waals surface area (Å²) < 4.78 is 51.6. The molecule has 9 nitrogen and oxygen atoms in total. The van der Waals surface area contributed by atoms with E-state index in [9.17, 15) is 33.2 Å². The fourth-order valence-electron chi connectivity index (χ4n) is 8.03. The summed E-state index contributed by atoms with van der Waals surface area (Å²) in [5.74, 6) is -2.84. The molecule has 1 saturated carbocycles. The van der Waals surface area contributed by atoms with Crippen LogP contribution in [0.4, 0.5) is 13.2 Å². The molecule has 0 aromatic heterocycles. The van der Waals surface area contributed by atoms with Gasteiger partial charge in [-0.25, -0.2) is 0 Å². The average Bonchev–Trinajstić information content (AvgIpc) is 3.23. The van der Waals surface area contributed by atoms with Gasteiger partial charge >= 0.3 is 12.1 Å². The molecule has 0 radical (unpaired) electrons. The second-order valence-corrected chi connectivity index (χ2v) is 12.0. The van der Waals surface area contributed by atoms with Crippen LogP contribution in [0, 0.1) is 21.4 Å². The van der Waals surface area contributed by atoms with E-state index in [1.807, 2.05) is 0 Å². The normalized spacial score (nSPS) is 36.0. The van der Waals surface area contributed by atoms with Gasteiger partial charge in [-0.3, -0.25) is 14.9 Å². The van der Waals surface area contributed by atoms with Crippen LogP contribution in [0.5, 0.6) is 0 Å². The SMILES string of the molecule is C[N+]1(C)CC[C@]23C4=C5C=CC(O)(NC(=O)C(OC(F)(F)F)=C(c6ccccc6)[N+](=O)[O-])C4O[C@H]2CCC[C@H]3[C@H]1C5. The van der Waals surface area contributed by atoms with Crippen LogP contribution >= 0.6 is 0 Å². The highest BCUT2D eigenvalue weighted by Gasteiger charge is 2.70. The third-order valence-corrected chi connectivity index (χ3v) is 9.64. The molecule has 214 valence electrons. The Bertz CT molecular complexity index is 1360. The molecule has 12 heteroatoms. The maximum Gasteiger partial charge on any atom is 0.573 e. The molecule has 3 aliphatic carbocycles. The number of amides is 1. The van der Waals surface area contributed by atoms with Crippen LogP contribution in [-0.4, -0.2) is 71.4 Å². The molecule has 3 fully saturated rings. The van der Waals surface area contributed by atoms with Crippen molar-refractivity contribution in [2.45, 2.75) is 62.4 Å². The Balaban J connectivity index is 1.40. The van der Waals surface area contributed by atoms with Crippen LogP contribution in [0.1, 0.15) is 37.7 Å². The van der Waals surface area contributed by atoms with Crippen molar-refractivity contribution < 1.29 is 42.0 Å². The van der Waals surface area contributed by atoms with E-state index in [0.717, 1.165) is 54.3 Å². The van der Waals surface area contributed by atoms with Gasteiger partial charge in [0.2, 0.25) is 0 Å². The van der Waals surface area contributed by atoms with Crippen LogP contribution < -0.4 is 5.32 Å². The van der Waals surface area contributed by atoms with E-state index in [1.165, 1.54) is 36.4 Å². The van der Waals surface area contributed by atoms with Crippen molar-refractivity contribution in [1.29, 1.82) is 0 Å². The van der Waals surface area contributed by atoms with Crippen LogP contribution in [-0.2, 0) is 14.3 Å². The molecule has 40 heavy (non-hydrogen) atoms. The predicted molar refractivity (Wildman–Crippen MR) is 135 cm³/mol. The first-order valence-corrected chi connectivity index (χ1v) is 13.4. The molecular formula is C28H31F3N3O6+. The molecule has 2 N–H and O–H groups in total. The molecule has 1 amide bonds. The molecule has 1 spiro atoms. The summed E-state index contributed by atoms with van der Waals surface area (Å²) in [5, 5.41) is 26.0. The van der Waals surface area contributed by atoms with Crippen molar-refractivity contribution in [3.8, 4) is 0 Å². The van der Waals surface area contributed by atoms with Crippen LogP contribution in [0.2, 0.25) is 0 Å². The number of benzene rings is 1. The number of nitrogens with one attached hydrogen (secondary N) is 1. The molecule has 2 unspecified atom stereocenters. The Labute approximate surface area is 228 Å². The standard InChI is InChI=1S/C28H30F3N3O6/c1-34(2)14-13-26-18-9-6-10-20(26)39-24-21(26)17(15-19(18)34)11-12-27(24,36)32-25(35)23(40-28(29,30)31)22(33(37)38)16-7-4-3-5-8-16/h3-5,7-8,11-12,18-20,24,36H,6,9-10,13-15H2,1-2H3/p+1/t18-,19+,20-,24?,26+,27?/m0/s1. The number of hydrogen-bond donors (Lipinski definition) is 2. The number of piperidine rings is 1. The highest BCUT2D eigenvalue weighted by Crippen LogP contribution is 2.66. The van der Waals surface area contributed by atoms with E-state index in [0.29, 0.717) is 12.0 Å². The number of rotatable bonds is 5. The summed E-state index contributed by atoms with van der Waals surface area (Å²) in [4.78, 5) is 24.2.